The number of pyridine rings is 1. The van der Waals surface area contributed by atoms with Gasteiger partial charge in [-0.05, 0) is 25.3 Å². The standard InChI is InChI=1S/C12H16N2O3/c1-17-10-6-2-4-8(10)14-12(16)9-5-3-7-11(15)13-9/h3,5,7-8,10H,2,4,6H2,1H3,(H,13,15)(H,14,16). The largest absolute Gasteiger partial charge is 0.379 e. The van der Waals surface area contributed by atoms with Gasteiger partial charge in [0.2, 0.25) is 5.56 Å². The molecule has 2 atom stereocenters. The Morgan fingerprint density at radius 1 is 1.47 bits per heavy atom. The second-order valence-electron chi connectivity index (χ2n) is 4.21. The number of hydrogen-bond donors (Lipinski definition) is 2. The quantitative estimate of drug-likeness (QED) is 0.810. The summed E-state index contributed by atoms with van der Waals surface area (Å²) < 4.78 is 5.30. The van der Waals surface area contributed by atoms with Crippen molar-refractivity contribution in [1.29, 1.82) is 0 Å². The highest BCUT2D eigenvalue weighted by molar-refractivity contribution is 5.92. The fourth-order valence-corrected chi connectivity index (χ4v) is 2.20. The molecule has 1 amide bonds. The molecule has 5 heteroatoms. The monoisotopic (exact) mass is 236 g/mol. The van der Waals surface area contributed by atoms with Crippen molar-refractivity contribution in [2.75, 3.05) is 7.11 Å². The number of carbonyl (C=O) groups excluding carboxylic acids is 1. The summed E-state index contributed by atoms with van der Waals surface area (Å²) in [7, 11) is 1.65. The second kappa shape index (κ2) is 5.14. The van der Waals surface area contributed by atoms with E-state index < -0.39 is 0 Å². The van der Waals surface area contributed by atoms with Gasteiger partial charge >= 0.3 is 0 Å². The minimum Gasteiger partial charge on any atom is -0.379 e. The molecule has 1 fully saturated rings. The minimum atomic E-state index is -0.271. The summed E-state index contributed by atoms with van der Waals surface area (Å²) in [6.07, 6.45) is 3.01. The average molecular weight is 236 g/mol. The molecule has 1 aliphatic carbocycles. The van der Waals surface area contributed by atoms with E-state index in [1.165, 1.54) is 6.07 Å². The van der Waals surface area contributed by atoms with Gasteiger partial charge in [-0.15, -0.1) is 0 Å². The third kappa shape index (κ3) is 2.74. The maximum Gasteiger partial charge on any atom is 0.268 e. The van der Waals surface area contributed by atoms with Crippen LogP contribution in [0.5, 0.6) is 0 Å². The first kappa shape index (κ1) is 11.9. The SMILES string of the molecule is COC1CCCC1NC(=O)c1cccc(=O)[nH]1. The predicted molar refractivity (Wildman–Crippen MR) is 63.0 cm³/mol. The zero-order valence-corrected chi connectivity index (χ0v) is 9.73. The van der Waals surface area contributed by atoms with E-state index in [-0.39, 0.29) is 23.6 Å². The zero-order valence-electron chi connectivity index (χ0n) is 9.73. The summed E-state index contributed by atoms with van der Waals surface area (Å²) in [6, 6.07) is 4.57. The van der Waals surface area contributed by atoms with Gasteiger partial charge < -0.3 is 15.0 Å². The first-order valence-corrected chi connectivity index (χ1v) is 5.73. The van der Waals surface area contributed by atoms with Crippen molar-refractivity contribution in [3.8, 4) is 0 Å². The Balaban J connectivity index is 2.04. The lowest BCUT2D eigenvalue weighted by atomic mass is 10.2. The van der Waals surface area contributed by atoms with Gasteiger partial charge in [-0.2, -0.15) is 0 Å². The van der Waals surface area contributed by atoms with E-state index >= 15 is 0 Å². The smallest absolute Gasteiger partial charge is 0.268 e. The molecule has 92 valence electrons. The molecule has 1 aromatic rings. The van der Waals surface area contributed by atoms with Crippen LogP contribution in [0.2, 0.25) is 0 Å². The molecule has 1 aliphatic rings. The number of hydrogen-bond acceptors (Lipinski definition) is 3. The molecule has 0 saturated heterocycles. The van der Waals surface area contributed by atoms with E-state index in [4.69, 9.17) is 4.74 Å². The molecule has 5 nitrogen and oxygen atoms in total. The van der Waals surface area contributed by atoms with E-state index in [2.05, 4.69) is 10.3 Å². The summed E-state index contributed by atoms with van der Waals surface area (Å²) in [5, 5.41) is 2.89. The predicted octanol–water partition coefficient (Wildman–Crippen LogP) is 0.672. The van der Waals surface area contributed by atoms with Crippen molar-refractivity contribution in [1.82, 2.24) is 10.3 Å². The summed E-state index contributed by atoms with van der Waals surface area (Å²) >= 11 is 0. The third-order valence-corrected chi connectivity index (χ3v) is 3.08. The number of nitrogens with one attached hydrogen (secondary N) is 2. The van der Waals surface area contributed by atoms with E-state index in [1.807, 2.05) is 0 Å². The Kier molecular flexibility index (Phi) is 3.58. The molecule has 2 N–H and O–H groups in total. The Morgan fingerprint density at radius 3 is 3.00 bits per heavy atom. The highest BCUT2D eigenvalue weighted by Gasteiger charge is 2.28. The lowest BCUT2D eigenvalue weighted by Gasteiger charge is -2.19. The molecule has 1 aromatic heterocycles. The first-order valence-electron chi connectivity index (χ1n) is 5.73. The van der Waals surface area contributed by atoms with E-state index in [1.54, 1.807) is 19.2 Å². The fraction of sp³-hybridized carbons (Fsp3) is 0.500. The van der Waals surface area contributed by atoms with Gasteiger partial charge in [0.1, 0.15) is 5.69 Å². The highest BCUT2D eigenvalue weighted by atomic mass is 16.5. The average Bonchev–Trinajstić information content (AvgIpc) is 2.76. The van der Waals surface area contributed by atoms with Crippen molar-refractivity contribution in [3.63, 3.8) is 0 Å². The number of aromatic amines is 1. The maximum absolute atomic E-state index is 11.9. The van der Waals surface area contributed by atoms with Crippen LogP contribution in [0.25, 0.3) is 0 Å². The Bertz CT molecular complexity index is 455. The highest BCUT2D eigenvalue weighted by Crippen LogP contribution is 2.21. The van der Waals surface area contributed by atoms with Crippen LogP contribution in [0.1, 0.15) is 29.8 Å². The van der Waals surface area contributed by atoms with Crippen LogP contribution in [-0.4, -0.2) is 30.1 Å². The third-order valence-electron chi connectivity index (χ3n) is 3.08. The van der Waals surface area contributed by atoms with Crippen LogP contribution in [0.3, 0.4) is 0 Å². The Labute approximate surface area is 99.2 Å². The molecule has 2 unspecified atom stereocenters. The summed E-state index contributed by atoms with van der Waals surface area (Å²) in [6.45, 7) is 0. The zero-order chi connectivity index (χ0) is 12.3. The van der Waals surface area contributed by atoms with Crippen molar-refractivity contribution >= 4 is 5.91 Å². The van der Waals surface area contributed by atoms with Gasteiger partial charge in [-0.25, -0.2) is 0 Å². The molecule has 17 heavy (non-hydrogen) atoms. The number of aromatic nitrogens is 1. The van der Waals surface area contributed by atoms with Crippen LogP contribution in [0.4, 0.5) is 0 Å². The molecule has 1 saturated carbocycles. The van der Waals surface area contributed by atoms with Crippen LogP contribution < -0.4 is 10.9 Å². The normalized spacial score (nSPS) is 23.6. The van der Waals surface area contributed by atoms with Gasteiger partial charge in [0.15, 0.2) is 0 Å². The molecule has 2 rings (SSSR count). The Hall–Kier alpha value is -1.62. The van der Waals surface area contributed by atoms with E-state index in [9.17, 15) is 9.59 Å². The molecule has 0 bridgehead atoms. The topological polar surface area (TPSA) is 71.2 Å². The second-order valence-corrected chi connectivity index (χ2v) is 4.21. The number of carbonyl (C=O) groups is 1. The van der Waals surface area contributed by atoms with Crippen LogP contribution >= 0.6 is 0 Å². The van der Waals surface area contributed by atoms with Crippen LogP contribution in [0, 0.1) is 0 Å². The van der Waals surface area contributed by atoms with Gasteiger partial charge in [0, 0.05) is 13.2 Å². The summed E-state index contributed by atoms with van der Waals surface area (Å²) in [5.74, 6) is -0.253. The van der Waals surface area contributed by atoms with E-state index in [0.29, 0.717) is 5.69 Å². The summed E-state index contributed by atoms with van der Waals surface area (Å²) in [5.41, 5.74) is 0.0200. The van der Waals surface area contributed by atoms with Crippen molar-refractivity contribution in [2.45, 2.75) is 31.4 Å². The number of methoxy groups -OCH3 is 1. The minimum absolute atomic E-state index is 0.0382. The van der Waals surface area contributed by atoms with Crippen LogP contribution in [-0.2, 0) is 4.74 Å². The van der Waals surface area contributed by atoms with Crippen LogP contribution in [0.15, 0.2) is 23.0 Å². The Morgan fingerprint density at radius 2 is 2.29 bits per heavy atom. The lowest BCUT2D eigenvalue weighted by molar-refractivity contribution is 0.0719. The molecule has 0 spiro atoms. The number of amides is 1. The molecular formula is C12H16N2O3. The molecule has 0 aromatic carbocycles. The molecular weight excluding hydrogens is 220 g/mol. The molecule has 0 aliphatic heterocycles. The van der Waals surface area contributed by atoms with Crippen molar-refractivity contribution in [3.05, 3.63) is 34.2 Å². The van der Waals surface area contributed by atoms with Crippen molar-refractivity contribution < 1.29 is 9.53 Å². The van der Waals surface area contributed by atoms with Gasteiger partial charge in [0.05, 0.1) is 12.1 Å². The lowest BCUT2D eigenvalue weighted by Crippen LogP contribution is -2.41. The molecule has 1 heterocycles. The first-order chi connectivity index (χ1) is 8.20. The van der Waals surface area contributed by atoms with Gasteiger partial charge in [-0.1, -0.05) is 6.07 Å². The van der Waals surface area contributed by atoms with Gasteiger partial charge in [0.25, 0.3) is 5.91 Å². The van der Waals surface area contributed by atoms with Crippen molar-refractivity contribution in [2.24, 2.45) is 0 Å². The number of ether oxygens (including phenoxy) is 1. The van der Waals surface area contributed by atoms with E-state index in [0.717, 1.165) is 19.3 Å². The number of rotatable bonds is 3. The van der Waals surface area contributed by atoms with Gasteiger partial charge in [-0.3, -0.25) is 9.59 Å². The summed E-state index contributed by atoms with van der Waals surface area (Å²) in [4.78, 5) is 25.5. The maximum atomic E-state index is 11.9. The molecule has 0 radical (unpaired) electrons. The number of H-pyrrole nitrogens is 1. The fourth-order valence-electron chi connectivity index (χ4n) is 2.20.